The third kappa shape index (κ3) is 5.29. The maximum atomic E-state index is 13.2. The first kappa shape index (κ1) is 22.9. The molecule has 0 saturated carbocycles. The van der Waals surface area contributed by atoms with Gasteiger partial charge < -0.3 is 19.5 Å². The Morgan fingerprint density at radius 1 is 1.00 bits per heavy atom. The minimum atomic E-state index is -3.73. The van der Waals surface area contributed by atoms with E-state index in [0.717, 1.165) is 12.8 Å². The number of benzene rings is 2. The number of methoxy groups -OCH3 is 3. The molecule has 0 unspecified atom stereocenters. The molecule has 1 aliphatic heterocycles. The van der Waals surface area contributed by atoms with Gasteiger partial charge in [0.1, 0.15) is 17.2 Å². The molecule has 1 aliphatic rings. The summed E-state index contributed by atoms with van der Waals surface area (Å²) in [5, 5.41) is 2.83. The smallest absolute Gasteiger partial charge is 0.243 e. The molecule has 1 amide bonds. The van der Waals surface area contributed by atoms with Crippen LogP contribution in [0.1, 0.15) is 25.7 Å². The van der Waals surface area contributed by atoms with Crippen LogP contribution in [0.25, 0.3) is 0 Å². The predicted molar refractivity (Wildman–Crippen MR) is 117 cm³/mol. The fourth-order valence-electron chi connectivity index (χ4n) is 3.70. The Labute approximate surface area is 183 Å². The zero-order valence-corrected chi connectivity index (χ0v) is 18.8. The van der Waals surface area contributed by atoms with Gasteiger partial charge in [0.15, 0.2) is 0 Å². The van der Waals surface area contributed by atoms with E-state index >= 15 is 0 Å². The van der Waals surface area contributed by atoms with Gasteiger partial charge in [-0.1, -0.05) is 6.42 Å². The fourth-order valence-corrected chi connectivity index (χ4v) is 5.40. The van der Waals surface area contributed by atoms with Gasteiger partial charge in [-0.2, -0.15) is 4.31 Å². The lowest BCUT2D eigenvalue weighted by molar-refractivity contribution is -0.117. The summed E-state index contributed by atoms with van der Waals surface area (Å²) in [4.78, 5) is 13.0. The Hall–Kier alpha value is -2.78. The summed E-state index contributed by atoms with van der Waals surface area (Å²) in [6.45, 7) is 0.384. The Kier molecular flexibility index (Phi) is 7.40. The summed E-state index contributed by atoms with van der Waals surface area (Å²) in [6.07, 6.45) is 2.31. The molecule has 1 N–H and O–H groups in total. The zero-order valence-electron chi connectivity index (χ0n) is 18.0. The van der Waals surface area contributed by atoms with Crippen molar-refractivity contribution in [3.8, 4) is 17.2 Å². The number of hydrogen-bond acceptors (Lipinski definition) is 6. The third-order valence-corrected chi connectivity index (χ3v) is 7.31. The summed E-state index contributed by atoms with van der Waals surface area (Å²) in [5.41, 5.74) is 0.479. The van der Waals surface area contributed by atoms with Crippen LogP contribution in [-0.2, 0) is 14.8 Å². The maximum Gasteiger partial charge on any atom is 0.243 e. The number of hydrogen-bond donors (Lipinski definition) is 1. The molecule has 3 rings (SSSR count). The molecule has 0 aliphatic carbocycles. The standard InChI is InChI=1S/C22H28N2O6S/c1-28-17-7-10-19(11-8-17)31(26,27)24-13-5-4-6-16(24)14-22(25)23-20-15-18(29-2)9-12-21(20)30-3/h7-12,15-16H,4-6,13-14H2,1-3H3,(H,23,25)/t16-/m1/s1. The highest BCUT2D eigenvalue weighted by Crippen LogP contribution is 2.31. The van der Waals surface area contributed by atoms with E-state index in [1.807, 2.05) is 0 Å². The average Bonchev–Trinajstić information content (AvgIpc) is 2.79. The summed E-state index contributed by atoms with van der Waals surface area (Å²) in [7, 11) is 0.857. The number of anilines is 1. The quantitative estimate of drug-likeness (QED) is 0.666. The van der Waals surface area contributed by atoms with Crippen LogP contribution < -0.4 is 19.5 Å². The van der Waals surface area contributed by atoms with Crippen LogP contribution in [0.2, 0.25) is 0 Å². The van der Waals surface area contributed by atoms with Crippen LogP contribution >= 0.6 is 0 Å². The van der Waals surface area contributed by atoms with Crippen molar-refractivity contribution in [3.05, 3.63) is 42.5 Å². The van der Waals surface area contributed by atoms with Crippen molar-refractivity contribution in [2.75, 3.05) is 33.2 Å². The molecule has 1 fully saturated rings. The number of sulfonamides is 1. The summed E-state index contributed by atoms with van der Waals surface area (Å²) < 4.78 is 43.5. The number of nitrogens with one attached hydrogen (secondary N) is 1. The number of carbonyl (C=O) groups excluding carboxylic acids is 1. The van der Waals surface area contributed by atoms with Crippen LogP contribution in [0, 0.1) is 0 Å². The van der Waals surface area contributed by atoms with Crippen molar-refractivity contribution in [3.63, 3.8) is 0 Å². The van der Waals surface area contributed by atoms with Crippen molar-refractivity contribution >= 4 is 21.6 Å². The lowest BCUT2D eigenvalue weighted by Crippen LogP contribution is -2.45. The van der Waals surface area contributed by atoms with E-state index in [1.54, 1.807) is 30.3 Å². The zero-order chi connectivity index (χ0) is 22.4. The summed E-state index contributed by atoms with van der Waals surface area (Å²) in [5.74, 6) is 1.38. The van der Waals surface area contributed by atoms with Gasteiger partial charge in [-0.15, -0.1) is 0 Å². The largest absolute Gasteiger partial charge is 0.497 e. The Balaban J connectivity index is 1.77. The Bertz CT molecular complexity index is 1010. The Morgan fingerprint density at radius 3 is 2.32 bits per heavy atom. The van der Waals surface area contributed by atoms with E-state index in [0.29, 0.717) is 35.9 Å². The Morgan fingerprint density at radius 2 is 1.68 bits per heavy atom. The first-order valence-corrected chi connectivity index (χ1v) is 11.5. The first-order valence-electron chi connectivity index (χ1n) is 10.1. The molecule has 168 valence electrons. The second-order valence-corrected chi connectivity index (χ2v) is 9.15. The van der Waals surface area contributed by atoms with Crippen LogP contribution in [0.4, 0.5) is 5.69 Å². The third-order valence-electron chi connectivity index (χ3n) is 5.34. The molecule has 0 radical (unpaired) electrons. The fraction of sp³-hybridized carbons (Fsp3) is 0.409. The van der Waals surface area contributed by atoms with Crippen molar-refractivity contribution in [2.24, 2.45) is 0 Å². The molecule has 2 aromatic rings. The highest BCUT2D eigenvalue weighted by atomic mass is 32.2. The molecule has 0 aromatic heterocycles. The number of ether oxygens (including phenoxy) is 3. The predicted octanol–water partition coefficient (Wildman–Crippen LogP) is 3.28. The minimum absolute atomic E-state index is 0.0513. The van der Waals surface area contributed by atoms with Crippen LogP contribution in [-0.4, -0.2) is 52.5 Å². The first-order chi connectivity index (χ1) is 14.9. The monoisotopic (exact) mass is 448 g/mol. The van der Waals surface area contributed by atoms with Crippen LogP contribution in [0.3, 0.4) is 0 Å². The van der Waals surface area contributed by atoms with Gasteiger partial charge in [0.05, 0.1) is 31.9 Å². The molecule has 1 saturated heterocycles. The van der Waals surface area contributed by atoms with Gasteiger partial charge >= 0.3 is 0 Å². The maximum absolute atomic E-state index is 13.2. The van der Waals surface area contributed by atoms with E-state index in [2.05, 4.69) is 5.32 Å². The van der Waals surface area contributed by atoms with E-state index in [9.17, 15) is 13.2 Å². The molecule has 1 atom stereocenters. The molecule has 0 spiro atoms. The van der Waals surface area contributed by atoms with Crippen molar-refractivity contribution in [2.45, 2.75) is 36.6 Å². The van der Waals surface area contributed by atoms with Gasteiger partial charge in [0.2, 0.25) is 15.9 Å². The minimum Gasteiger partial charge on any atom is -0.497 e. The lowest BCUT2D eigenvalue weighted by atomic mass is 10.0. The second kappa shape index (κ2) is 10.0. The van der Waals surface area contributed by atoms with Gasteiger partial charge in [0.25, 0.3) is 0 Å². The van der Waals surface area contributed by atoms with E-state index in [1.165, 1.54) is 37.8 Å². The molecule has 8 nitrogen and oxygen atoms in total. The van der Waals surface area contributed by atoms with Gasteiger partial charge in [0, 0.05) is 25.1 Å². The normalized spacial score (nSPS) is 17.1. The topological polar surface area (TPSA) is 94.2 Å². The van der Waals surface area contributed by atoms with Gasteiger partial charge in [-0.25, -0.2) is 8.42 Å². The number of amides is 1. The van der Waals surface area contributed by atoms with E-state index in [-0.39, 0.29) is 17.2 Å². The van der Waals surface area contributed by atoms with Crippen molar-refractivity contribution < 1.29 is 27.4 Å². The summed E-state index contributed by atoms with van der Waals surface area (Å²) >= 11 is 0. The lowest BCUT2D eigenvalue weighted by Gasteiger charge is -2.34. The second-order valence-electron chi connectivity index (χ2n) is 7.26. The van der Waals surface area contributed by atoms with E-state index in [4.69, 9.17) is 14.2 Å². The van der Waals surface area contributed by atoms with Crippen LogP contribution in [0.15, 0.2) is 47.4 Å². The molecule has 2 aromatic carbocycles. The van der Waals surface area contributed by atoms with Crippen molar-refractivity contribution in [1.82, 2.24) is 4.31 Å². The average molecular weight is 449 g/mol. The summed E-state index contributed by atoms with van der Waals surface area (Å²) in [6, 6.07) is 11.0. The number of rotatable bonds is 8. The molecular weight excluding hydrogens is 420 g/mol. The SMILES string of the molecule is COc1ccc(S(=O)(=O)N2CCCC[C@@H]2CC(=O)Nc2cc(OC)ccc2OC)cc1. The molecule has 31 heavy (non-hydrogen) atoms. The van der Waals surface area contributed by atoms with Gasteiger partial charge in [-0.3, -0.25) is 4.79 Å². The molecule has 0 bridgehead atoms. The van der Waals surface area contributed by atoms with Crippen LogP contribution in [0.5, 0.6) is 17.2 Å². The van der Waals surface area contributed by atoms with E-state index < -0.39 is 16.1 Å². The van der Waals surface area contributed by atoms with Crippen molar-refractivity contribution in [1.29, 1.82) is 0 Å². The highest BCUT2D eigenvalue weighted by Gasteiger charge is 2.34. The highest BCUT2D eigenvalue weighted by molar-refractivity contribution is 7.89. The molecular formula is C22H28N2O6S. The van der Waals surface area contributed by atoms with Gasteiger partial charge in [-0.05, 0) is 49.2 Å². The number of piperidine rings is 1. The number of carbonyl (C=O) groups is 1. The molecule has 1 heterocycles. The molecule has 9 heteroatoms. The number of nitrogens with zero attached hydrogens (tertiary/aromatic N) is 1.